The Hall–Kier alpha value is -0.610. The fourth-order valence-corrected chi connectivity index (χ4v) is 1.26. The molecule has 4 heteroatoms. The van der Waals surface area contributed by atoms with Crippen LogP contribution in [0, 0.1) is 5.41 Å². The van der Waals surface area contributed by atoms with Gasteiger partial charge in [0.25, 0.3) is 0 Å². The molecule has 0 aromatic heterocycles. The van der Waals surface area contributed by atoms with Crippen LogP contribution in [0.15, 0.2) is 0 Å². The highest BCUT2D eigenvalue weighted by molar-refractivity contribution is 5.77. The van der Waals surface area contributed by atoms with E-state index in [9.17, 15) is 9.90 Å². The van der Waals surface area contributed by atoms with Crippen LogP contribution in [0.4, 0.5) is 0 Å². The molecule has 0 saturated heterocycles. The standard InChI is InChI=1S/C11H22O4/c1-7-15-9(12)10(3,4)11(5,13)8(2)14-6/h8,13H,7H2,1-6H3. The van der Waals surface area contributed by atoms with Crippen LogP contribution >= 0.6 is 0 Å². The molecule has 2 atom stereocenters. The first-order valence-electron chi connectivity index (χ1n) is 5.14. The first-order valence-corrected chi connectivity index (χ1v) is 5.14. The molecular formula is C11H22O4. The molecule has 0 fully saturated rings. The van der Waals surface area contributed by atoms with E-state index in [2.05, 4.69) is 0 Å². The Labute approximate surface area is 91.6 Å². The van der Waals surface area contributed by atoms with Crippen LogP contribution in [0.1, 0.15) is 34.6 Å². The Bertz CT molecular complexity index is 221. The van der Waals surface area contributed by atoms with Crippen LogP contribution in [0.3, 0.4) is 0 Å². The number of aliphatic hydroxyl groups is 1. The van der Waals surface area contributed by atoms with Crippen LogP contribution in [0.5, 0.6) is 0 Å². The smallest absolute Gasteiger partial charge is 0.314 e. The van der Waals surface area contributed by atoms with E-state index < -0.39 is 23.1 Å². The highest BCUT2D eigenvalue weighted by Crippen LogP contribution is 2.35. The molecule has 0 aromatic rings. The maximum atomic E-state index is 11.7. The highest BCUT2D eigenvalue weighted by Gasteiger charge is 2.50. The van der Waals surface area contributed by atoms with Gasteiger partial charge in [-0.15, -0.1) is 0 Å². The van der Waals surface area contributed by atoms with Gasteiger partial charge in [0, 0.05) is 7.11 Å². The number of ether oxygens (including phenoxy) is 2. The summed E-state index contributed by atoms with van der Waals surface area (Å²) in [6, 6.07) is 0. The van der Waals surface area contributed by atoms with E-state index in [4.69, 9.17) is 9.47 Å². The van der Waals surface area contributed by atoms with E-state index in [0.717, 1.165) is 0 Å². The second-order valence-electron chi connectivity index (χ2n) is 4.37. The Morgan fingerprint density at radius 1 is 1.40 bits per heavy atom. The number of methoxy groups -OCH3 is 1. The van der Waals surface area contributed by atoms with Crippen LogP contribution in [0.25, 0.3) is 0 Å². The molecule has 0 aliphatic heterocycles. The Morgan fingerprint density at radius 3 is 2.20 bits per heavy atom. The molecule has 2 unspecified atom stereocenters. The maximum absolute atomic E-state index is 11.7. The summed E-state index contributed by atoms with van der Waals surface area (Å²) in [5.74, 6) is -0.418. The van der Waals surface area contributed by atoms with Gasteiger partial charge >= 0.3 is 5.97 Å². The van der Waals surface area contributed by atoms with E-state index in [1.165, 1.54) is 7.11 Å². The van der Waals surface area contributed by atoms with Gasteiger partial charge in [0.05, 0.1) is 18.1 Å². The Kier molecular flexibility index (Phi) is 4.74. The van der Waals surface area contributed by atoms with Crippen molar-refractivity contribution in [3.05, 3.63) is 0 Å². The molecule has 1 N–H and O–H groups in total. The van der Waals surface area contributed by atoms with Gasteiger partial charge in [0.2, 0.25) is 0 Å². The van der Waals surface area contributed by atoms with Crippen LogP contribution < -0.4 is 0 Å². The molecule has 0 bridgehead atoms. The monoisotopic (exact) mass is 218 g/mol. The largest absolute Gasteiger partial charge is 0.465 e. The quantitative estimate of drug-likeness (QED) is 0.708. The lowest BCUT2D eigenvalue weighted by molar-refractivity contribution is -0.185. The van der Waals surface area contributed by atoms with Crippen molar-refractivity contribution in [3.8, 4) is 0 Å². The average molecular weight is 218 g/mol. The molecule has 0 spiro atoms. The minimum Gasteiger partial charge on any atom is -0.465 e. The van der Waals surface area contributed by atoms with Crippen molar-refractivity contribution in [2.75, 3.05) is 13.7 Å². The third kappa shape index (κ3) is 2.69. The molecule has 15 heavy (non-hydrogen) atoms. The predicted octanol–water partition coefficient (Wildman–Crippen LogP) is 1.36. The summed E-state index contributed by atoms with van der Waals surface area (Å²) in [5, 5.41) is 10.3. The zero-order chi connectivity index (χ0) is 12.3. The molecule has 0 aliphatic carbocycles. The van der Waals surface area contributed by atoms with Crippen molar-refractivity contribution >= 4 is 5.97 Å². The van der Waals surface area contributed by atoms with Crippen molar-refractivity contribution in [2.45, 2.75) is 46.3 Å². The molecular weight excluding hydrogens is 196 g/mol. The number of hydrogen-bond acceptors (Lipinski definition) is 4. The summed E-state index contributed by atoms with van der Waals surface area (Å²) in [4.78, 5) is 11.7. The molecule has 0 aliphatic rings. The third-order valence-electron chi connectivity index (χ3n) is 3.20. The average Bonchev–Trinajstić information content (AvgIpc) is 2.16. The summed E-state index contributed by atoms with van der Waals surface area (Å²) in [5.41, 5.74) is -2.27. The topological polar surface area (TPSA) is 55.8 Å². The number of carbonyl (C=O) groups excluding carboxylic acids is 1. The molecule has 0 saturated carbocycles. The molecule has 4 nitrogen and oxygen atoms in total. The van der Waals surface area contributed by atoms with E-state index >= 15 is 0 Å². The van der Waals surface area contributed by atoms with Gasteiger partial charge in [-0.1, -0.05) is 0 Å². The van der Waals surface area contributed by atoms with E-state index in [0.29, 0.717) is 6.61 Å². The van der Waals surface area contributed by atoms with Crippen molar-refractivity contribution in [3.63, 3.8) is 0 Å². The van der Waals surface area contributed by atoms with Crippen molar-refractivity contribution in [2.24, 2.45) is 5.41 Å². The van der Waals surface area contributed by atoms with E-state index in [1.54, 1.807) is 34.6 Å². The maximum Gasteiger partial charge on any atom is 0.314 e. The first kappa shape index (κ1) is 14.4. The normalized spacial score (nSPS) is 18.1. The summed E-state index contributed by atoms with van der Waals surface area (Å²) in [7, 11) is 1.50. The fourth-order valence-electron chi connectivity index (χ4n) is 1.26. The number of rotatable bonds is 5. The van der Waals surface area contributed by atoms with Gasteiger partial charge in [-0.05, 0) is 34.6 Å². The number of carbonyl (C=O) groups is 1. The SMILES string of the molecule is CCOC(=O)C(C)(C)C(C)(O)C(C)OC. The fraction of sp³-hybridized carbons (Fsp3) is 0.909. The third-order valence-corrected chi connectivity index (χ3v) is 3.20. The summed E-state index contributed by atoms with van der Waals surface area (Å²) in [6.07, 6.45) is -0.447. The summed E-state index contributed by atoms with van der Waals surface area (Å²) < 4.78 is 10.0. The molecule has 0 heterocycles. The minimum absolute atomic E-state index is 0.305. The van der Waals surface area contributed by atoms with Gasteiger partial charge in [-0.3, -0.25) is 4.79 Å². The molecule has 0 aromatic carbocycles. The van der Waals surface area contributed by atoms with Crippen molar-refractivity contribution in [1.29, 1.82) is 0 Å². The first-order chi connectivity index (χ1) is 6.71. The van der Waals surface area contributed by atoms with Crippen LogP contribution in [0.2, 0.25) is 0 Å². The van der Waals surface area contributed by atoms with Gasteiger partial charge in [0.15, 0.2) is 0 Å². The summed E-state index contributed by atoms with van der Waals surface area (Å²) in [6.45, 7) is 8.65. The highest BCUT2D eigenvalue weighted by atomic mass is 16.5. The minimum atomic E-state index is -1.27. The van der Waals surface area contributed by atoms with Gasteiger partial charge < -0.3 is 14.6 Å². The molecule has 90 valence electrons. The lowest BCUT2D eigenvalue weighted by Gasteiger charge is -2.41. The zero-order valence-corrected chi connectivity index (χ0v) is 10.5. The molecule has 0 rings (SSSR count). The number of esters is 1. The van der Waals surface area contributed by atoms with Crippen LogP contribution in [-0.2, 0) is 14.3 Å². The van der Waals surface area contributed by atoms with Gasteiger partial charge in [0.1, 0.15) is 5.60 Å². The van der Waals surface area contributed by atoms with Crippen molar-refractivity contribution in [1.82, 2.24) is 0 Å². The van der Waals surface area contributed by atoms with Crippen LogP contribution in [-0.4, -0.2) is 36.5 Å². The lowest BCUT2D eigenvalue weighted by atomic mass is 9.73. The second-order valence-corrected chi connectivity index (χ2v) is 4.37. The molecule has 0 amide bonds. The zero-order valence-electron chi connectivity index (χ0n) is 10.5. The van der Waals surface area contributed by atoms with Crippen molar-refractivity contribution < 1.29 is 19.4 Å². The van der Waals surface area contributed by atoms with E-state index in [1.807, 2.05) is 0 Å². The predicted molar refractivity (Wildman–Crippen MR) is 57.5 cm³/mol. The van der Waals surface area contributed by atoms with Gasteiger partial charge in [-0.25, -0.2) is 0 Å². The second kappa shape index (κ2) is 4.94. The number of hydrogen-bond donors (Lipinski definition) is 1. The summed E-state index contributed by atoms with van der Waals surface area (Å²) >= 11 is 0. The molecule has 0 radical (unpaired) electrons. The van der Waals surface area contributed by atoms with E-state index in [-0.39, 0.29) is 0 Å². The van der Waals surface area contributed by atoms with Gasteiger partial charge in [-0.2, -0.15) is 0 Å². The Morgan fingerprint density at radius 2 is 1.87 bits per heavy atom. The Balaban J connectivity index is 4.91. The lowest BCUT2D eigenvalue weighted by Crippen LogP contribution is -2.55.